The number of nitrogens with zero attached hydrogens (tertiary/aromatic N) is 1. The maximum Gasteiger partial charge on any atom is 0.223 e. The van der Waals surface area contributed by atoms with E-state index in [-0.39, 0.29) is 17.3 Å². The molecule has 3 rings (SSSR count). The quantitative estimate of drug-likeness (QED) is 0.784. The number of fused-ring (bicyclic) bond motifs is 1. The number of aryl methyl sites for hydroxylation is 1. The van der Waals surface area contributed by atoms with Crippen LogP contribution in [0.25, 0.3) is 0 Å². The lowest BCUT2D eigenvalue weighted by Crippen LogP contribution is -2.28. The molecule has 0 bridgehead atoms. The van der Waals surface area contributed by atoms with Crippen molar-refractivity contribution >= 4 is 26.5 Å². The molecule has 0 fully saturated rings. The Morgan fingerprint density at radius 1 is 1.33 bits per heavy atom. The molecule has 1 aliphatic heterocycles. The normalized spacial score (nSPS) is 25.1. The van der Waals surface area contributed by atoms with Crippen molar-refractivity contribution in [1.82, 2.24) is 0 Å². The van der Waals surface area contributed by atoms with E-state index in [9.17, 15) is 8.42 Å². The molecule has 0 saturated carbocycles. The second-order valence-corrected chi connectivity index (χ2v) is 8.13. The van der Waals surface area contributed by atoms with E-state index in [1.165, 1.54) is 0 Å². The van der Waals surface area contributed by atoms with Crippen LogP contribution in [0.5, 0.6) is 0 Å². The standard InChI is InChI=1S/C15H18ClNO3S/c1-15(10-16)9-14(17-20-15)21(18,19)13-8-4-6-11-5-2-3-7-12(11)13/h4,6,8H,2-3,5,7,9-10H2,1H3. The molecule has 0 amide bonds. The van der Waals surface area contributed by atoms with Crippen molar-refractivity contribution in [3.63, 3.8) is 0 Å². The summed E-state index contributed by atoms with van der Waals surface area (Å²) in [4.78, 5) is 5.62. The zero-order chi connectivity index (χ0) is 15.1. The first-order valence-electron chi connectivity index (χ1n) is 7.13. The molecule has 114 valence electrons. The highest BCUT2D eigenvalue weighted by molar-refractivity contribution is 8.06. The van der Waals surface area contributed by atoms with Gasteiger partial charge in [-0.25, -0.2) is 8.42 Å². The van der Waals surface area contributed by atoms with E-state index in [4.69, 9.17) is 16.4 Å². The topological polar surface area (TPSA) is 55.7 Å². The fraction of sp³-hybridized carbons (Fsp3) is 0.533. The summed E-state index contributed by atoms with van der Waals surface area (Å²) >= 11 is 5.83. The van der Waals surface area contributed by atoms with E-state index in [1.807, 2.05) is 12.1 Å². The summed E-state index contributed by atoms with van der Waals surface area (Å²) in [7, 11) is -3.59. The molecule has 1 aromatic rings. The fourth-order valence-corrected chi connectivity index (χ4v) is 4.73. The van der Waals surface area contributed by atoms with Crippen LogP contribution in [0.15, 0.2) is 28.3 Å². The van der Waals surface area contributed by atoms with Crippen molar-refractivity contribution in [2.45, 2.75) is 49.5 Å². The number of alkyl halides is 1. The van der Waals surface area contributed by atoms with Gasteiger partial charge >= 0.3 is 0 Å². The van der Waals surface area contributed by atoms with Gasteiger partial charge in [0.1, 0.15) is 0 Å². The lowest BCUT2D eigenvalue weighted by Gasteiger charge is -2.19. The SMILES string of the molecule is CC1(CCl)CC(S(=O)(=O)c2cccc3c2CCCC3)=NO1. The Labute approximate surface area is 130 Å². The monoisotopic (exact) mass is 327 g/mol. The highest BCUT2D eigenvalue weighted by Crippen LogP contribution is 2.33. The minimum absolute atomic E-state index is 0.0876. The number of sulfone groups is 1. The van der Waals surface area contributed by atoms with Gasteiger partial charge in [0.2, 0.25) is 9.84 Å². The first kappa shape index (κ1) is 14.9. The Hall–Kier alpha value is -1.07. The minimum atomic E-state index is -3.59. The number of hydrogen-bond donors (Lipinski definition) is 0. The summed E-state index contributed by atoms with van der Waals surface area (Å²) in [6.07, 6.45) is 4.13. The molecule has 0 N–H and O–H groups in total. The molecule has 1 aromatic carbocycles. The van der Waals surface area contributed by atoms with Crippen LogP contribution in [0.2, 0.25) is 0 Å². The summed E-state index contributed by atoms with van der Waals surface area (Å²) in [6.45, 7) is 1.77. The van der Waals surface area contributed by atoms with Gasteiger partial charge < -0.3 is 4.84 Å². The van der Waals surface area contributed by atoms with Gasteiger partial charge in [-0.3, -0.25) is 0 Å². The Balaban J connectivity index is 2.01. The molecule has 0 aromatic heterocycles. The maximum atomic E-state index is 12.9. The van der Waals surface area contributed by atoms with Crippen LogP contribution in [-0.4, -0.2) is 24.9 Å². The zero-order valence-corrected chi connectivity index (χ0v) is 13.5. The minimum Gasteiger partial charge on any atom is -0.387 e. The second-order valence-electron chi connectivity index (χ2n) is 5.94. The largest absolute Gasteiger partial charge is 0.387 e. The van der Waals surface area contributed by atoms with Crippen LogP contribution in [0.3, 0.4) is 0 Å². The molecule has 0 saturated heterocycles. The average Bonchev–Trinajstić information content (AvgIpc) is 2.91. The van der Waals surface area contributed by atoms with Gasteiger partial charge in [-0.05, 0) is 49.8 Å². The molecule has 6 heteroatoms. The molecule has 21 heavy (non-hydrogen) atoms. The van der Waals surface area contributed by atoms with E-state index in [0.717, 1.165) is 36.8 Å². The van der Waals surface area contributed by atoms with Gasteiger partial charge in [-0.1, -0.05) is 17.3 Å². The van der Waals surface area contributed by atoms with Crippen LogP contribution in [-0.2, 0) is 27.5 Å². The van der Waals surface area contributed by atoms with Crippen molar-refractivity contribution in [3.8, 4) is 0 Å². The first-order chi connectivity index (χ1) is 9.96. The Bertz CT molecular complexity index is 699. The fourth-order valence-electron chi connectivity index (χ4n) is 2.89. The van der Waals surface area contributed by atoms with Crippen molar-refractivity contribution in [2.75, 3.05) is 5.88 Å². The number of rotatable bonds is 2. The van der Waals surface area contributed by atoms with E-state index in [1.54, 1.807) is 13.0 Å². The van der Waals surface area contributed by atoms with Crippen molar-refractivity contribution in [1.29, 1.82) is 0 Å². The summed E-state index contributed by atoms with van der Waals surface area (Å²) in [5.41, 5.74) is 1.37. The van der Waals surface area contributed by atoms with Crippen LogP contribution >= 0.6 is 11.6 Å². The molecule has 1 unspecified atom stereocenters. The molecule has 1 heterocycles. The second kappa shape index (κ2) is 5.29. The van der Waals surface area contributed by atoms with Crippen molar-refractivity contribution in [2.24, 2.45) is 5.16 Å². The van der Waals surface area contributed by atoms with Gasteiger partial charge in [-0.15, -0.1) is 11.6 Å². The molecule has 0 spiro atoms. The van der Waals surface area contributed by atoms with E-state index in [2.05, 4.69) is 5.16 Å². The average molecular weight is 328 g/mol. The third-order valence-corrected chi connectivity index (χ3v) is 6.49. The van der Waals surface area contributed by atoms with Crippen molar-refractivity contribution < 1.29 is 13.3 Å². The van der Waals surface area contributed by atoms with Gasteiger partial charge in [0.15, 0.2) is 10.6 Å². The Morgan fingerprint density at radius 2 is 2.10 bits per heavy atom. The Kier molecular flexibility index (Phi) is 3.74. The third kappa shape index (κ3) is 2.57. The number of oxime groups is 1. The third-order valence-electron chi connectivity index (χ3n) is 4.13. The van der Waals surface area contributed by atoms with Gasteiger partial charge in [0.05, 0.1) is 10.8 Å². The van der Waals surface area contributed by atoms with E-state index < -0.39 is 15.4 Å². The van der Waals surface area contributed by atoms with Crippen molar-refractivity contribution in [3.05, 3.63) is 29.3 Å². The molecule has 4 nitrogen and oxygen atoms in total. The molecule has 1 atom stereocenters. The summed E-state index contributed by atoms with van der Waals surface area (Å²) in [5.74, 6) is 0.211. The molecule has 2 aliphatic rings. The highest BCUT2D eigenvalue weighted by Gasteiger charge is 2.40. The molecular formula is C15H18ClNO3S. The molecule has 0 radical (unpaired) electrons. The van der Waals surface area contributed by atoms with Crippen LogP contribution in [0.4, 0.5) is 0 Å². The lowest BCUT2D eigenvalue weighted by atomic mass is 9.92. The Morgan fingerprint density at radius 3 is 2.81 bits per heavy atom. The van der Waals surface area contributed by atoms with E-state index >= 15 is 0 Å². The number of halogens is 1. The summed E-state index contributed by atoms with van der Waals surface area (Å²) < 4.78 is 25.7. The van der Waals surface area contributed by atoms with Gasteiger partial charge in [-0.2, -0.15) is 0 Å². The van der Waals surface area contributed by atoms with Gasteiger partial charge in [0, 0.05) is 6.42 Å². The maximum absolute atomic E-state index is 12.9. The lowest BCUT2D eigenvalue weighted by molar-refractivity contribution is 0.0152. The first-order valence-corrected chi connectivity index (χ1v) is 9.15. The predicted octanol–water partition coefficient (Wildman–Crippen LogP) is 3.07. The summed E-state index contributed by atoms with van der Waals surface area (Å²) in [5, 5.41) is 3.89. The number of benzene rings is 1. The van der Waals surface area contributed by atoms with Crippen LogP contribution in [0.1, 0.15) is 37.3 Å². The van der Waals surface area contributed by atoms with Crippen LogP contribution in [0, 0.1) is 0 Å². The number of hydrogen-bond acceptors (Lipinski definition) is 4. The van der Waals surface area contributed by atoms with Crippen LogP contribution < -0.4 is 0 Å². The van der Waals surface area contributed by atoms with Gasteiger partial charge in [0.25, 0.3) is 0 Å². The smallest absolute Gasteiger partial charge is 0.223 e. The summed E-state index contributed by atoms with van der Waals surface area (Å²) in [6, 6.07) is 5.51. The molecule has 1 aliphatic carbocycles. The zero-order valence-electron chi connectivity index (χ0n) is 11.9. The van der Waals surface area contributed by atoms with E-state index in [0.29, 0.717) is 4.90 Å². The predicted molar refractivity (Wildman–Crippen MR) is 82.5 cm³/mol. The highest BCUT2D eigenvalue weighted by atomic mass is 35.5. The molecular weight excluding hydrogens is 310 g/mol.